The number of para-hydroxylation sites is 1. The number of hydrogen-bond donors (Lipinski definition) is 1. The SMILES string of the molecule is CC(=O)/C(=C/C=C/C=C/C(=C(/C)O)S(=O)Oc1ccccc1)S(=O)(=O)c1ccccc1. The van der Waals surface area contributed by atoms with Gasteiger partial charge in [-0.05, 0) is 50.3 Å². The van der Waals surface area contributed by atoms with E-state index >= 15 is 0 Å². The van der Waals surface area contributed by atoms with Crippen molar-refractivity contribution in [3.8, 4) is 5.75 Å². The third-order valence-electron chi connectivity index (χ3n) is 3.86. The third-order valence-corrected chi connectivity index (χ3v) is 6.89. The molecule has 0 amide bonds. The number of carbonyl (C=O) groups is 1. The summed E-state index contributed by atoms with van der Waals surface area (Å²) in [6, 6.07) is 16.2. The summed E-state index contributed by atoms with van der Waals surface area (Å²) in [5, 5.41) is 9.81. The molecular formula is C23H22O6S2. The maximum absolute atomic E-state index is 12.7. The van der Waals surface area contributed by atoms with Crippen LogP contribution in [0.3, 0.4) is 0 Å². The van der Waals surface area contributed by atoms with Crippen LogP contribution in [0.4, 0.5) is 0 Å². The van der Waals surface area contributed by atoms with Crippen molar-refractivity contribution in [3.63, 3.8) is 0 Å². The lowest BCUT2D eigenvalue weighted by Crippen LogP contribution is -2.11. The Morgan fingerprint density at radius 3 is 2.06 bits per heavy atom. The summed E-state index contributed by atoms with van der Waals surface area (Å²) in [5.74, 6) is -0.407. The highest BCUT2D eigenvalue weighted by molar-refractivity contribution is 7.96. The number of carbonyl (C=O) groups excluding carboxylic acids is 1. The van der Waals surface area contributed by atoms with Crippen LogP contribution in [0.15, 0.2) is 112 Å². The number of ketones is 1. The minimum absolute atomic E-state index is 0.0231. The molecule has 0 aliphatic carbocycles. The molecule has 0 saturated carbocycles. The second-order valence-corrected chi connectivity index (χ2v) is 9.22. The highest BCUT2D eigenvalue weighted by Crippen LogP contribution is 2.20. The fourth-order valence-corrected chi connectivity index (χ4v) is 4.59. The van der Waals surface area contributed by atoms with E-state index in [4.69, 9.17) is 4.18 Å². The molecule has 6 nitrogen and oxygen atoms in total. The molecule has 31 heavy (non-hydrogen) atoms. The number of benzene rings is 2. The first-order valence-corrected chi connectivity index (χ1v) is 11.7. The van der Waals surface area contributed by atoms with Crippen molar-refractivity contribution in [2.24, 2.45) is 0 Å². The van der Waals surface area contributed by atoms with E-state index in [0.29, 0.717) is 5.75 Å². The van der Waals surface area contributed by atoms with E-state index in [1.807, 2.05) is 0 Å². The van der Waals surface area contributed by atoms with Crippen LogP contribution in [0.5, 0.6) is 5.75 Å². The molecule has 1 atom stereocenters. The number of hydrogen-bond acceptors (Lipinski definition) is 6. The van der Waals surface area contributed by atoms with Crippen LogP contribution in [-0.2, 0) is 25.7 Å². The summed E-state index contributed by atoms with van der Waals surface area (Å²) in [6.45, 7) is 2.55. The van der Waals surface area contributed by atoms with Crippen LogP contribution in [0, 0.1) is 0 Å². The standard InChI is InChI=1S/C23H22O6S2/c1-18(24)22(30(26)29-20-12-6-3-7-13-20)16-10-5-11-17-23(19(2)25)31(27,28)21-14-8-4-9-15-21/h3-17,24H,1-2H3/b11-5+,16-10+,22-18+,23-17-. The van der Waals surface area contributed by atoms with Gasteiger partial charge in [-0.2, -0.15) is 0 Å². The van der Waals surface area contributed by atoms with E-state index in [-0.39, 0.29) is 20.5 Å². The lowest BCUT2D eigenvalue weighted by atomic mass is 10.3. The molecule has 2 aromatic carbocycles. The monoisotopic (exact) mass is 458 g/mol. The Balaban J connectivity index is 2.19. The summed E-state index contributed by atoms with van der Waals surface area (Å²) >= 11 is -1.96. The molecule has 0 spiro atoms. The van der Waals surface area contributed by atoms with Gasteiger partial charge in [0.05, 0.1) is 4.90 Å². The van der Waals surface area contributed by atoms with Crippen molar-refractivity contribution >= 4 is 26.7 Å². The van der Waals surface area contributed by atoms with E-state index in [2.05, 4.69) is 0 Å². The number of sulfone groups is 1. The van der Waals surface area contributed by atoms with Gasteiger partial charge in [-0.3, -0.25) is 4.79 Å². The van der Waals surface area contributed by atoms with Crippen molar-refractivity contribution in [1.29, 1.82) is 0 Å². The zero-order chi connectivity index (χ0) is 22.9. The molecule has 0 aliphatic rings. The zero-order valence-electron chi connectivity index (χ0n) is 17.0. The van der Waals surface area contributed by atoms with E-state index in [0.717, 1.165) is 0 Å². The Kier molecular flexibility index (Phi) is 8.72. The Bertz CT molecular complexity index is 1160. The Labute approximate surface area is 184 Å². The van der Waals surface area contributed by atoms with E-state index in [1.165, 1.54) is 56.4 Å². The average molecular weight is 459 g/mol. The van der Waals surface area contributed by atoms with Gasteiger partial charge >= 0.3 is 0 Å². The van der Waals surface area contributed by atoms with E-state index in [9.17, 15) is 22.5 Å². The molecule has 2 rings (SSSR count). The fraction of sp³-hybridized carbons (Fsp3) is 0.0870. The Morgan fingerprint density at radius 1 is 0.935 bits per heavy atom. The van der Waals surface area contributed by atoms with Gasteiger partial charge in [0.1, 0.15) is 21.3 Å². The number of allylic oxidation sites excluding steroid dienone is 7. The van der Waals surface area contributed by atoms with Gasteiger partial charge in [-0.15, -0.1) is 0 Å². The van der Waals surface area contributed by atoms with Gasteiger partial charge in [-0.25, -0.2) is 12.6 Å². The molecule has 0 fully saturated rings. The van der Waals surface area contributed by atoms with Gasteiger partial charge in [0.15, 0.2) is 5.78 Å². The lowest BCUT2D eigenvalue weighted by molar-refractivity contribution is -0.113. The maximum Gasteiger partial charge on any atom is 0.244 e. The smallest absolute Gasteiger partial charge is 0.244 e. The molecule has 0 radical (unpaired) electrons. The highest BCUT2D eigenvalue weighted by Gasteiger charge is 2.23. The molecule has 8 heteroatoms. The first-order chi connectivity index (χ1) is 14.7. The van der Waals surface area contributed by atoms with Crippen molar-refractivity contribution < 1.29 is 26.7 Å². The number of Topliss-reactive ketones (excluding diaryl/α,β-unsaturated/α-hetero) is 1. The summed E-state index contributed by atoms with van der Waals surface area (Å²) in [6.07, 6.45) is 6.84. The number of aliphatic hydroxyl groups excluding tert-OH is 1. The fourth-order valence-electron chi connectivity index (χ4n) is 2.38. The highest BCUT2D eigenvalue weighted by atomic mass is 32.2. The van der Waals surface area contributed by atoms with Crippen LogP contribution < -0.4 is 4.18 Å². The zero-order valence-corrected chi connectivity index (χ0v) is 18.6. The molecule has 2 aromatic rings. The van der Waals surface area contributed by atoms with Crippen molar-refractivity contribution in [2.45, 2.75) is 18.7 Å². The number of rotatable bonds is 9. The lowest BCUT2D eigenvalue weighted by Gasteiger charge is -2.06. The second kappa shape index (κ2) is 11.2. The van der Waals surface area contributed by atoms with Gasteiger partial charge in [-0.1, -0.05) is 54.6 Å². The molecule has 0 aromatic heterocycles. The predicted octanol–water partition coefficient (Wildman–Crippen LogP) is 4.58. The predicted molar refractivity (Wildman–Crippen MR) is 121 cm³/mol. The summed E-state index contributed by atoms with van der Waals surface area (Å²) in [4.78, 5) is 11.6. The van der Waals surface area contributed by atoms with E-state index in [1.54, 1.807) is 48.5 Å². The van der Waals surface area contributed by atoms with Gasteiger partial charge < -0.3 is 9.29 Å². The third kappa shape index (κ3) is 6.91. The Hall–Kier alpha value is -3.23. The van der Waals surface area contributed by atoms with Crippen LogP contribution in [0.2, 0.25) is 0 Å². The van der Waals surface area contributed by atoms with Crippen molar-refractivity contribution in [1.82, 2.24) is 0 Å². The number of aliphatic hydroxyl groups is 1. The second-order valence-electron chi connectivity index (χ2n) is 6.23. The van der Waals surface area contributed by atoms with Crippen LogP contribution in [0.25, 0.3) is 0 Å². The van der Waals surface area contributed by atoms with Gasteiger partial charge in [0, 0.05) is 0 Å². The average Bonchev–Trinajstić information content (AvgIpc) is 2.73. The van der Waals surface area contributed by atoms with Gasteiger partial charge in [0.2, 0.25) is 20.9 Å². The quantitative estimate of drug-likeness (QED) is 0.336. The molecule has 162 valence electrons. The van der Waals surface area contributed by atoms with Crippen molar-refractivity contribution in [3.05, 3.63) is 107 Å². The molecule has 0 aliphatic heterocycles. The summed E-state index contributed by atoms with van der Waals surface area (Å²) in [5.41, 5.74) is 0. The first kappa shape index (κ1) is 24.0. The maximum atomic E-state index is 12.7. The molecule has 1 unspecified atom stereocenters. The van der Waals surface area contributed by atoms with Crippen LogP contribution >= 0.6 is 0 Å². The van der Waals surface area contributed by atoms with E-state index < -0.39 is 26.7 Å². The van der Waals surface area contributed by atoms with Crippen LogP contribution in [-0.4, -0.2) is 23.5 Å². The molecule has 0 bridgehead atoms. The summed E-state index contributed by atoms with van der Waals surface area (Å²) in [7, 11) is -3.95. The molecule has 0 heterocycles. The first-order valence-electron chi connectivity index (χ1n) is 9.14. The minimum Gasteiger partial charge on any atom is -0.511 e. The molecule has 0 saturated heterocycles. The molecule has 1 N–H and O–H groups in total. The summed E-state index contributed by atoms with van der Waals surface area (Å²) < 4.78 is 43.0. The normalized spacial score (nSPS) is 14.5. The Morgan fingerprint density at radius 2 is 1.52 bits per heavy atom. The van der Waals surface area contributed by atoms with Crippen LogP contribution in [0.1, 0.15) is 13.8 Å². The molecular weight excluding hydrogens is 436 g/mol. The van der Waals surface area contributed by atoms with Gasteiger partial charge in [0.25, 0.3) is 0 Å². The van der Waals surface area contributed by atoms with Crippen molar-refractivity contribution in [2.75, 3.05) is 0 Å². The largest absolute Gasteiger partial charge is 0.511 e. The topological polar surface area (TPSA) is 97.7 Å². The minimum atomic E-state index is -3.95.